The normalized spacial score (nSPS) is 22.2. The van der Waals surface area contributed by atoms with Crippen molar-refractivity contribution in [2.24, 2.45) is 5.92 Å². The third-order valence-corrected chi connectivity index (χ3v) is 3.61. The Bertz CT molecular complexity index is 255. The zero-order valence-electron chi connectivity index (χ0n) is 10.5. The van der Waals surface area contributed by atoms with Crippen LogP contribution in [-0.2, 0) is 0 Å². The van der Waals surface area contributed by atoms with Gasteiger partial charge >= 0.3 is 6.09 Å². The molecule has 1 saturated carbocycles. The Hall–Kier alpha value is -0.850. The van der Waals surface area contributed by atoms with Crippen molar-refractivity contribution in [3.8, 4) is 0 Å². The van der Waals surface area contributed by atoms with Crippen LogP contribution in [0.2, 0.25) is 0 Å². The molecule has 0 spiro atoms. The van der Waals surface area contributed by atoms with Crippen molar-refractivity contribution >= 4 is 6.09 Å². The molecule has 0 aromatic rings. The third-order valence-electron chi connectivity index (χ3n) is 3.61. The van der Waals surface area contributed by atoms with Crippen LogP contribution in [0.4, 0.5) is 4.79 Å². The first-order chi connectivity index (χ1) is 8.54. The number of rotatable bonds is 6. The fourth-order valence-electron chi connectivity index (χ4n) is 2.60. The average Bonchev–Trinajstić information content (AvgIpc) is 2.37. The number of nitrogens with one attached hydrogen (secondary N) is 1. The first kappa shape index (κ1) is 15.2. The summed E-state index contributed by atoms with van der Waals surface area (Å²) in [5.41, 5.74) is 0. The molecule has 5 N–H and O–H groups in total. The van der Waals surface area contributed by atoms with Crippen LogP contribution in [0.1, 0.15) is 38.5 Å². The Morgan fingerprint density at radius 1 is 1.22 bits per heavy atom. The monoisotopic (exact) mass is 261 g/mol. The molecule has 0 radical (unpaired) electrons. The summed E-state index contributed by atoms with van der Waals surface area (Å²) in [4.78, 5) is 10.7. The maximum atomic E-state index is 10.7. The summed E-state index contributed by atoms with van der Waals surface area (Å²) in [6.07, 6.45) is 2.21. The highest BCUT2D eigenvalue weighted by Crippen LogP contribution is 2.28. The number of aliphatic hydroxyl groups excluding tert-OH is 3. The number of amides is 1. The van der Waals surface area contributed by atoms with E-state index in [0.717, 1.165) is 25.7 Å². The molecule has 6 heteroatoms. The Morgan fingerprint density at radius 3 is 2.33 bits per heavy atom. The molecule has 0 aliphatic heterocycles. The van der Waals surface area contributed by atoms with E-state index in [0.29, 0.717) is 12.3 Å². The number of carboxylic acid groups (broad SMARTS) is 1. The minimum absolute atomic E-state index is 0.371. The Kier molecular flexibility index (Phi) is 6.38. The molecule has 0 aromatic carbocycles. The van der Waals surface area contributed by atoms with E-state index in [9.17, 15) is 15.0 Å². The van der Waals surface area contributed by atoms with E-state index >= 15 is 0 Å². The van der Waals surface area contributed by atoms with Crippen LogP contribution in [0.3, 0.4) is 0 Å². The molecule has 6 nitrogen and oxygen atoms in total. The number of aliphatic hydroxyl groups is 3. The van der Waals surface area contributed by atoms with E-state index in [1.165, 1.54) is 6.42 Å². The van der Waals surface area contributed by atoms with E-state index in [4.69, 9.17) is 10.2 Å². The smallest absolute Gasteiger partial charge is 0.404 e. The van der Waals surface area contributed by atoms with Gasteiger partial charge in [-0.05, 0) is 12.3 Å². The standard InChI is InChI=1S/C12H23NO5/c14-7-10(15)11(16)9(13-12(17)18)6-8-4-2-1-3-5-8/h8-11,13-16H,1-7H2,(H,17,18)/t9-,10?,11+/m0/s1. The predicted octanol–water partition coefficient (Wildman–Crippen LogP) is 0.307. The number of hydrogen-bond donors (Lipinski definition) is 5. The highest BCUT2D eigenvalue weighted by molar-refractivity contribution is 5.64. The SMILES string of the molecule is O=C(O)N[C@@H](CC1CCCCC1)[C@@H](O)C(O)CO. The molecule has 3 atom stereocenters. The summed E-state index contributed by atoms with van der Waals surface area (Å²) in [6, 6.07) is -0.729. The van der Waals surface area contributed by atoms with Crippen LogP contribution in [0.25, 0.3) is 0 Å². The van der Waals surface area contributed by atoms with Crippen LogP contribution >= 0.6 is 0 Å². The molecule has 1 unspecified atom stereocenters. The highest BCUT2D eigenvalue weighted by atomic mass is 16.4. The molecule has 106 valence electrons. The van der Waals surface area contributed by atoms with Crippen molar-refractivity contribution in [1.29, 1.82) is 0 Å². The van der Waals surface area contributed by atoms with Gasteiger partial charge in [0, 0.05) is 0 Å². The molecule has 1 aliphatic rings. The maximum Gasteiger partial charge on any atom is 0.404 e. The quantitative estimate of drug-likeness (QED) is 0.472. The summed E-state index contributed by atoms with van der Waals surface area (Å²) in [5, 5.41) is 39.0. The van der Waals surface area contributed by atoms with E-state index in [1.54, 1.807) is 0 Å². The van der Waals surface area contributed by atoms with Gasteiger partial charge in [0.1, 0.15) is 12.2 Å². The molecule has 0 heterocycles. The van der Waals surface area contributed by atoms with Crippen molar-refractivity contribution < 1.29 is 25.2 Å². The lowest BCUT2D eigenvalue weighted by Crippen LogP contribution is -2.50. The molecule has 18 heavy (non-hydrogen) atoms. The fraction of sp³-hybridized carbons (Fsp3) is 0.917. The van der Waals surface area contributed by atoms with E-state index in [-0.39, 0.29) is 0 Å². The van der Waals surface area contributed by atoms with Crippen LogP contribution in [0.5, 0.6) is 0 Å². The molecule has 1 fully saturated rings. The maximum absolute atomic E-state index is 10.7. The second kappa shape index (κ2) is 7.56. The molecular weight excluding hydrogens is 238 g/mol. The summed E-state index contributed by atoms with van der Waals surface area (Å²) in [6.45, 7) is -0.580. The van der Waals surface area contributed by atoms with Crippen molar-refractivity contribution in [1.82, 2.24) is 5.32 Å². The van der Waals surface area contributed by atoms with E-state index in [1.807, 2.05) is 0 Å². The molecule has 0 saturated heterocycles. The lowest BCUT2D eigenvalue weighted by molar-refractivity contribution is -0.0355. The van der Waals surface area contributed by atoms with Crippen molar-refractivity contribution in [2.75, 3.05) is 6.61 Å². The van der Waals surface area contributed by atoms with Gasteiger partial charge in [0.15, 0.2) is 0 Å². The van der Waals surface area contributed by atoms with Gasteiger partial charge in [-0.1, -0.05) is 32.1 Å². The lowest BCUT2D eigenvalue weighted by Gasteiger charge is -2.30. The minimum Gasteiger partial charge on any atom is -0.465 e. The second-order valence-corrected chi connectivity index (χ2v) is 5.04. The lowest BCUT2D eigenvalue weighted by atomic mass is 9.83. The van der Waals surface area contributed by atoms with Crippen LogP contribution in [0, 0.1) is 5.92 Å². The van der Waals surface area contributed by atoms with Gasteiger partial charge in [0.05, 0.1) is 12.6 Å². The first-order valence-electron chi connectivity index (χ1n) is 6.51. The van der Waals surface area contributed by atoms with Gasteiger partial charge < -0.3 is 25.7 Å². The summed E-state index contributed by atoms with van der Waals surface area (Å²) < 4.78 is 0. The highest BCUT2D eigenvalue weighted by Gasteiger charge is 2.30. The summed E-state index contributed by atoms with van der Waals surface area (Å²) in [5.74, 6) is 0.371. The third kappa shape index (κ3) is 4.80. The van der Waals surface area contributed by atoms with Crippen LogP contribution in [-0.4, -0.2) is 51.4 Å². The Balaban J connectivity index is 2.55. The Labute approximate surface area is 107 Å². The molecule has 0 bridgehead atoms. The van der Waals surface area contributed by atoms with Crippen molar-refractivity contribution in [3.63, 3.8) is 0 Å². The average molecular weight is 261 g/mol. The molecule has 1 amide bonds. The fourth-order valence-corrected chi connectivity index (χ4v) is 2.60. The zero-order valence-corrected chi connectivity index (χ0v) is 10.5. The Morgan fingerprint density at radius 2 is 1.83 bits per heavy atom. The number of carbonyl (C=O) groups is 1. The van der Waals surface area contributed by atoms with Gasteiger partial charge in [-0.3, -0.25) is 0 Å². The molecule has 1 aliphatic carbocycles. The van der Waals surface area contributed by atoms with E-state index < -0.39 is 30.9 Å². The topological polar surface area (TPSA) is 110 Å². The van der Waals surface area contributed by atoms with E-state index in [2.05, 4.69) is 5.32 Å². The zero-order chi connectivity index (χ0) is 13.5. The largest absolute Gasteiger partial charge is 0.465 e. The van der Waals surface area contributed by atoms with Crippen molar-refractivity contribution in [2.45, 2.75) is 56.8 Å². The second-order valence-electron chi connectivity index (χ2n) is 5.04. The van der Waals surface area contributed by atoms with Crippen LogP contribution in [0.15, 0.2) is 0 Å². The predicted molar refractivity (Wildman–Crippen MR) is 65.2 cm³/mol. The first-order valence-corrected chi connectivity index (χ1v) is 6.51. The number of hydrogen-bond acceptors (Lipinski definition) is 4. The minimum atomic E-state index is -1.31. The molecular formula is C12H23NO5. The van der Waals surface area contributed by atoms with Crippen LogP contribution < -0.4 is 5.32 Å². The van der Waals surface area contributed by atoms with Gasteiger partial charge in [0.25, 0.3) is 0 Å². The summed E-state index contributed by atoms with van der Waals surface area (Å²) >= 11 is 0. The van der Waals surface area contributed by atoms with Gasteiger partial charge in [-0.25, -0.2) is 4.79 Å². The molecule has 1 rings (SSSR count). The molecule has 0 aromatic heterocycles. The van der Waals surface area contributed by atoms with Crippen molar-refractivity contribution in [3.05, 3.63) is 0 Å². The van der Waals surface area contributed by atoms with Gasteiger partial charge in [0.2, 0.25) is 0 Å². The van der Waals surface area contributed by atoms with Gasteiger partial charge in [-0.2, -0.15) is 0 Å². The van der Waals surface area contributed by atoms with Gasteiger partial charge in [-0.15, -0.1) is 0 Å². The summed E-state index contributed by atoms with van der Waals surface area (Å²) in [7, 11) is 0.